The molecule has 1 N–H and O–H groups in total. The molecule has 0 saturated heterocycles. The van der Waals surface area contributed by atoms with Gasteiger partial charge in [-0.05, 0) is 50.6 Å². The van der Waals surface area contributed by atoms with E-state index in [9.17, 15) is 9.90 Å². The first-order chi connectivity index (χ1) is 16.8. The normalized spacial score (nSPS) is 11.3. The van der Waals surface area contributed by atoms with Crippen molar-refractivity contribution < 1.29 is 14.6 Å². The zero-order valence-electron chi connectivity index (χ0n) is 19.1. The number of carboxylic acids is 1. The van der Waals surface area contributed by atoms with Crippen molar-refractivity contribution >= 4 is 57.5 Å². The fourth-order valence-corrected chi connectivity index (χ4v) is 4.35. The zero-order valence-corrected chi connectivity index (χ0v) is 21.3. The Morgan fingerprint density at radius 1 is 1.17 bits per heavy atom. The summed E-state index contributed by atoms with van der Waals surface area (Å²) in [6, 6.07) is 10.3. The van der Waals surface area contributed by atoms with Gasteiger partial charge in [-0.25, -0.2) is 14.8 Å². The first kappa shape index (κ1) is 25.1. The first-order valence-corrected chi connectivity index (χ1v) is 12.1. The maximum atomic E-state index is 11.5. The summed E-state index contributed by atoms with van der Waals surface area (Å²) in [5.74, 6) is -0.0713. The second-order valence-corrected chi connectivity index (χ2v) is 9.38. The van der Waals surface area contributed by atoms with Crippen molar-refractivity contribution in [3.63, 3.8) is 0 Å². The largest absolute Gasteiger partial charge is 0.493 e. The minimum absolute atomic E-state index is 0.0332. The van der Waals surface area contributed by atoms with Crippen LogP contribution in [0.4, 0.5) is 5.82 Å². The van der Waals surface area contributed by atoms with E-state index in [4.69, 9.17) is 44.5 Å². The number of carboxylic acid groups (broad SMARTS) is 1. The number of nitrogens with zero attached hydrogens (tertiary/aromatic N) is 4. The maximum Gasteiger partial charge on any atom is 0.339 e. The van der Waals surface area contributed by atoms with E-state index in [1.165, 1.54) is 6.07 Å². The molecule has 0 aliphatic rings. The van der Waals surface area contributed by atoms with Crippen molar-refractivity contribution in [2.24, 2.45) is 0 Å². The molecule has 0 radical (unpaired) electrons. The van der Waals surface area contributed by atoms with E-state index in [0.717, 1.165) is 16.9 Å². The Hall–Kier alpha value is -3.00. The number of fused-ring (bicyclic) bond motifs is 1. The van der Waals surface area contributed by atoms with Crippen LogP contribution in [0.25, 0.3) is 16.6 Å². The summed E-state index contributed by atoms with van der Waals surface area (Å²) in [6.45, 7) is 5.09. The maximum absolute atomic E-state index is 11.5. The quantitative estimate of drug-likeness (QED) is 0.239. The van der Waals surface area contributed by atoms with Gasteiger partial charge in [0.1, 0.15) is 17.1 Å². The highest BCUT2D eigenvalue weighted by Crippen LogP contribution is 2.35. The van der Waals surface area contributed by atoms with Gasteiger partial charge >= 0.3 is 5.97 Å². The van der Waals surface area contributed by atoms with Crippen LogP contribution in [0.1, 0.15) is 30.6 Å². The topological polar surface area (TPSA) is 80.5 Å². The molecule has 0 atom stereocenters. The number of ether oxygens (including phenoxy) is 1. The van der Waals surface area contributed by atoms with Gasteiger partial charge in [0.15, 0.2) is 0 Å². The summed E-state index contributed by atoms with van der Waals surface area (Å²) >= 11 is 18.8. The van der Waals surface area contributed by atoms with Crippen LogP contribution in [-0.2, 0) is 0 Å². The van der Waals surface area contributed by atoms with Gasteiger partial charge in [-0.3, -0.25) is 0 Å². The molecule has 0 aliphatic heterocycles. The summed E-state index contributed by atoms with van der Waals surface area (Å²) in [7, 11) is 0. The van der Waals surface area contributed by atoms with Crippen LogP contribution in [0, 0.1) is 0 Å². The number of aromatic carboxylic acids is 1. The van der Waals surface area contributed by atoms with Gasteiger partial charge in [-0.2, -0.15) is 0 Å². The number of hydrogen-bond donors (Lipinski definition) is 1. The molecule has 0 aliphatic carbocycles. The minimum atomic E-state index is -1.09. The van der Waals surface area contributed by atoms with E-state index >= 15 is 0 Å². The third-order valence-corrected chi connectivity index (χ3v) is 6.54. The molecule has 7 nitrogen and oxygen atoms in total. The average Bonchev–Trinajstić information content (AvgIpc) is 3.36. The summed E-state index contributed by atoms with van der Waals surface area (Å²) in [5, 5.41) is 11.4. The third-order valence-electron chi connectivity index (χ3n) is 5.51. The van der Waals surface area contributed by atoms with Crippen LogP contribution < -0.4 is 9.64 Å². The van der Waals surface area contributed by atoms with E-state index < -0.39 is 5.97 Å². The number of carbonyl (C=O) groups is 1. The predicted molar refractivity (Wildman–Crippen MR) is 140 cm³/mol. The van der Waals surface area contributed by atoms with E-state index in [-0.39, 0.29) is 17.4 Å². The number of aromatic nitrogens is 3. The molecule has 0 saturated carbocycles. The lowest BCUT2D eigenvalue weighted by molar-refractivity contribution is 0.0692. The van der Waals surface area contributed by atoms with Crippen LogP contribution in [0.3, 0.4) is 0 Å². The summed E-state index contributed by atoms with van der Waals surface area (Å²) in [4.78, 5) is 22.7. The SMILES string of the molecule is CC(C)N(CCCOc1ccc(Cl)cc1C(=O)O)c1cc(-n2ccnc2)c2ccc(Cl)c(Cl)c2n1. The predicted octanol–water partition coefficient (Wildman–Crippen LogP) is 6.76. The number of hydrogen-bond acceptors (Lipinski definition) is 5. The van der Waals surface area contributed by atoms with Crippen molar-refractivity contribution in [2.45, 2.75) is 26.3 Å². The average molecular weight is 534 g/mol. The fourth-order valence-electron chi connectivity index (χ4n) is 3.81. The Balaban J connectivity index is 1.60. The van der Waals surface area contributed by atoms with Crippen LogP contribution in [0.2, 0.25) is 15.1 Å². The van der Waals surface area contributed by atoms with Crippen molar-refractivity contribution in [1.29, 1.82) is 0 Å². The molecule has 10 heteroatoms. The highest BCUT2D eigenvalue weighted by atomic mass is 35.5. The molecule has 4 aromatic rings. The second kappa shape index (κ2) is 10.7. The van der Waals surface area contributed by atoms with Crippen molar-refractivity contribution in [2.75, 3.05) is 18.1 Å². The van der Waals surface area contributed by atoms with Crippen LogP contribution in [0.5, 0.6) is 5.75 Å². The monoisotopic (exact) mass is 532 g/mol. The molecule has 182 valence electrons. The lowest BCUT2D eigenvalue weighted by atomic mass is 10.1. The lowest BCUT2D eigenvalue weighted by Gasteiger charge is -2.29. The minimum Gasteiger partial charge on any atom is -0.493 e. The third kappa shape index (κ3) is 5.48. The summed E-state index contributed by atoms with van der Waals surface area (Å²) in [5.41, 5.74) is 1.52. The fraction of sp³-hybridized carbons (Fsp3) is 0.240. The highest BCUT2D eigenvalue weighted by Gasteiger charge is 2.18. The molecule has 2 heterocycles. The van der Waals surface area contributed by atoms with Gasteiger partial charge in [0, 0.05) is 41.5 Å². The second-order valence-electron chi connectivity index (χ2n) is 8.16. The van der Waals surface area contributed by atoms with E-state index in [1.54, 1.807) is 30.7 Å². The molecule has 0 bridgehead atoms. The van der Waals surface area contributed by atoms with E-state index in [1.807, 2.05) is 22.9 Å². The molecule has 0 amide bonds. The molecule has 35 heavy (non-hydrogen) atoms. The lowest BCUT2D eigenvalue weighted by Crippen LogP contribution is -2.33. The number of rotatable bonds is 9. The zero-order chi connectivity index (χ0) is 25.1. The van der Waals surface area contributed by atoms with Crippen molar-refractivity contribution in [1.82, 2.24) is 14.5 Å². The summed E-state index contributed by atoms with van der Waals surface area (Å²) < 4.78 is 7.68. The van der Waals surface area contributed by atoms with E-state index in [0.29, 0.717) is 40.2 Å². The number of halogens is 3. The number of anilines is 1. The molecule has 2 aromatic heterocycles. The van der Waals surface area contributed by atoms with E-state index in [2.05, 4.69) is 23.7 Å². The number of imidazole rings is 1. The van der Waals surface area contributed by atoms with Crippen molar-refractivity contribution in [3.8, 4) is 11.4 Å². The molecule has 2 aromatic carbocycles. The van der Waals surface area contributed by atoms with Gasteiger partial charge in [0.2, 0.25) is 0 Å². The molecule has 0 fully saturated rings. The summed E-state index contributed by atoms with van der Waals surface area (Å²) in [6.07, 6.45) is 5.92. The van der Waals surface area contributed by atoms with Crippen molar-refractivity contribution in [3.05, 3.63) is 75.8 Å². The Morgan fingerprint density at radius 3 is 2.66 bits per heavy atom. The Morgan fingerprint density at radius 2 is 1.97 bits per heavy atom. The van der Waals surface area contributed by atoms with Gasteiger partial charge in [-0.15, -0.1) is 0 Å². The Kier molecular flexibility index (Phi) is 7.69. The molecule has 0 spiro atoms. The van der Waals surface area contributed by atoms with Gasteiger partial charge in [-0.1, -0.05) is 34.8 Å². The van der Waals surface area contributed by atoms with Crippen LogP contribution in [0.15, 0.2) is 55.1 Å². The number of benzene rings is 2. The molecular formula is C25H23Cl3N4O3. The Labute approximate surface area is 217 Å². The van der Waals surface area contributed by atoms with Gasteiger partial charge in [0.05, 0.1) is 34.2 Å². The molecule has 4 rings (SSSR count). The molecular weight excluding hydrogens is 511 g/mol. The standard InChI is InChI=1S/C25H23Cl3N4O3/c1-15(2)32(9-3-11-35-21-7-4-16(26)12-18(21)25(33)34)22-13-20(31-10-8-29-14-31)17-5-6-19(27)23(28)24(17)30-22/h4-8,10,12-15H,3,9,11H2,1-2H3,(H,33,34). The molecule has 0 unspecified atom stereocenters. The number of pyridine rings is 1. The van der Waals surface area contributed by atoms with Gasteiger partial charge in [0.25, 0.3) is 0 Å². The van der Waals surface area contributed by atoms with Gasteiger partial charge < -0.3 is 19.3 Å². The smallest absolute Gasteiger partial charge is 0.339 e. The highest BCUT2D eigenvalue weighted by molar-refractivity contribution is 6.45. The van der Waals surface area contributed by atoms with Crippen LogP contribution in [-0.4, -0.2) is 44.8 Å². The Bertz CT molecular complexity index is 1360. The van der Waals surface area contributed by atoms with Crippen LogP contribution >= 0.6 is 34.8 Å². The first-order valence-electron chi connectivity index (χ1n) is 11.0.